The van der Waals surface area contributed by atoms with Crippen molar-refractivity contribution < 1.29 is 9.13 Å². The molecule has 78 valence electrons. The third-order valence-corrected chi connectivity index (χ3v) is 2.43. The largest absolute Gasteiger partial charge is 0.493 e. The Balaban J connectivity index is 0.000000980. The highest BCUT2D eigenvalue weighted by Crippen LogP contribution is 2.34. The highest BCUT2D eigenvalue weighted by Gasteiger charge is 2.19. The van der Waals surface area contributed by atoms with Gasteiger partial charge in [-0.1, -0.05) is 11.6 Å². The van der Waals surface area contributed by atoms with Crippen LogP contribution in [0.3, 0.4) is 0 Å². The molecular formula is C9H10Cl2FNO. The molecule has 1 atom stereocenters. The van der Waals surface area contributed by atoms with Crippen LogP contribution in [0.4, 0.5) is 4.39 Å². The van der Waals surface area contributed by atoms with E-state index in [1.165, 1.54) is 12.1 Å². The van der Waals surface area contributed by atoms with Gasteiger partial charge in [0.25, 0.3) is 0 Å². The van der Waals surface area contributed by atoms with Crippen LogP contribution in [-0.4, -0.2) is 6.61 Å². The van der Waals surface area contributed by atoms with Crippen LogP contribution in [-0.2, 0) is 0 Å². The summed E-state index contributed by atoms with van der Waals surface area (Å²) in [5.74, 6) is 0.159. The van der Waals surface area contributed by atoms with E-state index < -0.39 is 5.82 Å². The van der Waals surface area contributed by atoms with Crippen molar-refractivity contribution in [2.75, 3.05) is 6.61 Å². The second-order valence-corrected chi connectivity index (χ2v) is 3.45. The second-order valence-electron chi connectivity index (χ2n) is 3.05. The van der Waals surface area contributed by atoms with Crippen molar-refractivity contribution >= 4 is 24.0 Å². The van der Waals surface area contributed by atoms with Gasteiger partial charge in [0.2, 0.25) is 0 Å². The Morgan fingerprint density at radius 1 is 1.50 bits per heavy atom. The monoisotopic (exact) mass is 237 g/mol. The number of nitrogens with two attached hydrogens (primary N) is 1. The number of halogens is 3. The Labute approximate surface area is 92.6 Å². The molecule has 0 saturated heterocycles. The molecule has 14 heavy (non-hydrogen) atoms. The summed E-state index contributed by atoms with van der Waals surface area (Å²) in [6.45, 7) is 0.566. The van der Waals surface area contributed by atoms with Crippen LogP contribution >= 0.6 is 24.0 Å². The Kier molecular flexibility index (Phi) is 3.59. The van der Waals surface area contributed by atoms with Gasteiger partial charge in [0.15, 0.2) is 0 Å². The van der Waals surface area contributed by atoms with E-state index in [1.54, 1.807) is 0 Å². The summed E-state index contributed by atoms with van der Waals surface area (Å²) >= 11 is 5.60. The zero-order valence-corrected chi connectivity index (χ0v) is 8.87. The molecule has 2 N–H and O–H groups in total. The van der Waals surface area contributed by atoms with Crippen molar-refractivity contribution in [2.24, 2.45) is 5.73 Å². The maximum Gasteiger partial charge on any atom is 0.142 e. The van der Waals surface area contributed by atoms with Gasteiger partial charge in [0.1, 0.15) is 11.6 Å². The zero-order valence-electron chi connectivity index (χ0n) is 7.30. The molecule has 1 aromatic rings. The third-order valence-electron chi connectivity index (χ3n) is 2.14. The van der Waals surface area contributed by atoms with E-state index in [9.17, 15) is 4.39 Å². The summed E-state index contributed by atoms with van der Waals surface area (Å²) in [6.07, 6.45) is 0.716. The minimum Gasteiger partial charge on any atom is -0.493 e. The summed E-state index contributed by atoms with van der Waals surface area (Å²) in [5, 5.41) is 0.0767. The lowest BCUT2D eigenvalue weighted by Gasteiger charge is -2.22. The Hall–Kier alpha value is -0.510. The highest BCUT2D eigenvalue weighted by atomic mass is 35.5. The van der Waals surface area contributed by atoms with E-state index >= 15 is 0 Å². The third kappa shape index (κ3) is 1.95. The van der Waals surface area contributed by atoms with Crippen LogP contribution in [0.25, 0.3) is 0 Å². The number of hydrogen-bond donors (Lipinski definition) is 1. The van der Waals surface area contributed by atoms with Crippen LogP contribution in [0.1, 0.15) is 18.0 Å². The molecular weight excluding hydrogens is 228 g/mol. The maximum atomic E-state index is 13.0. The predicted octanol–water partition coefficient (Wildman–Crippen LogP) is 2.68. The molecule has 1 unspecified atom stereocenters. The molecule has 0 saturated carbocycles. The molecule has 1 aliphatic rings. The van der Waals surface area contributed by atoms with Crippen LogP contribution in [0, 0.1) is 5.82 Å². The smallest absolute Gasteiger partial charge is 0.142 e. The minimum atomic E-state index is -0.443. The molecule has 1 aliphatic heterocycles. The van der Waals surface area contributed by atoms with Crippen LogP contribution < -0.4 is 10.5 Å². The Bertz CT molecular complexity index is 346. The van der Waals surface area contributed by atoms with Gasteiger partial charge in [0.05, 0.1) is 11.6 Å². The Morgan fingerprint density at radius 3 is 2.93 bits per heavy atom. The number of ether oxygens (including phenoxy) is 1. The van der Waals surface area contributed by atoms with E-state index in [-0.39, 0.29) is 23.5 Å². The van der Waals surface area contributed by atoms with E-state index in [4.69, 9.17) is 22.1 Å². The molecule has 0 radical (unpaired) electrons. The molecule has 1 aromatic carbocycles. The fourth-order valence-corrected chi connectivity index (χ4v) is 1.56. The summed E-state index contributed by atoms with van der Waals surface area (Å²) in [7, 11) is 0. The van der Waals surface area contributed by atoms with Crippen molar-refractivity contribution in [3.05, 3.63) is 28.5 Å². The van der Waals surface area contributed by atoms with Crippen LogP contribution in [0.2, 0.25) is 5.02 Å². The molecule has 0 aliphatic carbocycles. The van der Waals surface area contributed by atoms with Crippen molar-refractivity contribution in [3.8, 4) is 5.75 Å². The van der Waals surface area contributed by atoms with E-state index in [1.807, 2.05) is 0 Å². The van der Waals surface area contributed by atoms with Crippen molar-refractivity contribution in [2.45, 2.75) is 12.5 Å². The van der Waals surface area contributed by atoms with E-state index in [0.29, 0.717) is 24.3 Å². The summed E-state index contributed by atoms with van der Waals surface area (Å²) in [5.41, 5.74) is 6.48. The highest BCUT2D eigenvalue weighted by molar-refractivity contribution is 6.30. The lowest BCUT2D eigenvalue weighted by Crippen LogP contribution is -2.20. The standard InChI is InChI=1S/C9H9ClFNO.ClH/c10-6-4-9-5(3-7(6)11)8(12)1-2-13-9;/h3-4,8H,1-2,12H2;1H. The average Bonchev–Trinajstić information content (AvgIpc) is 2.09. The first kappa shape index (κ1) is 11.6. The first-order valence-electron chi connectivity index (χ1n) is 4.06. The topological polar surface area (TPSA) is 35.2 Å². The molecule has 5 heteroatoms. The van der Waals surface area contributed by atoms with Gasteiger partial charge in [-0.15, -0.1) is 12.4 Å². The molecule has 0 bridgehead atoms. The van der Waals surface area contributed by atoms with Gasteiger partial charge < -0.3 is 10.5 Å². The maximum absolute atomic E-state index is 13.0. The lowest BCUT2D eigenvalue weighted by molar-refractivity contribution is 0.268. The number of benzene rings is 1. The molecule has 0 amide bonds. The second kappa shape index (κ2) is 4.34. The molecule has 0 fully saturated rings. The van der Waals surface area contributed by atoms with Gasteiger partial charge in [-0.3, -0.25) is 0 Å². The molecule has 2 nitrogen and oxygen atoms in total. The average molecular weight is 238 g/mol. The Morgan fingerprint density at radius 2 is 2.21 bits per heavy atom. The van der Waals surface area contributed by atoms with Gasteiger partial charge in [-0.2, -0.15) is 0 Å². The van der Waals surface area contributed by atoms with Gasteiger partial charge in [-0.25, -0.2) is 4.39 Å². The lowest BCUT2D eigenvalue weighted by atomic mass is 10.0. The first-order chi connectivity index (χ1) is 6.18. The molecule has 0 aromatic heterocycles. The number of rotatable bonds is 0. The van der Waals surface area contributed by atoms with E-state index in [2.05, 4.69) is 0 Å². The number of hydrogen-bond acceptors (Lipinski definition) is 2. The summed E-state index contributed by atoms with van der Waals surface area (Å²) in [4.78, 5) is 0. The van der Waals surface area contributed by atoms with Gasteiger partial charge in [-0.05, 0) is 6.07 Å². The normalized spacial score (nSPS) is 19.2. The number of fused-ring (bicyclic) bond motifs is 1. The van der Waals surface area contributed by atoms with Crippen LogP contribution in [0.15, 0.2) is 12.1 Å². The zero-order chi connectivity index (χ0) is 9.42. The van der Waals surface area contributed by atoms with Crippen LogP contribution in [0.5, 0.6) is 5.75 Å². The summed E-state index contributed by atoms with van der Waals surface area (Å²) in [6, 6.07) is 2.68. The minimum absolute atomic E-state index is 0. The molecule has 1 heterocycles. The summed E-state index contributed by atoms with van der Waals surface area (Å²) < 4.78 is 18.3. The SMILES string of the molecule is Cl.NC1CCOc2cc(Cl)c(F)cc21. The van der Waals surface area contributed by atoms with Crippen molar-refractivity contribution in [1.82, 2.24) is 0 Å². The fraction of sp³-hybridized carbons (Fsp3) is 0.333. The fourth-order valence-electron chi connectivity index (χ4n) is 1.41. The predicted molar refractivity (Wildman–Crippen MR) is 55.7 cm³/mol. The van der Waals surface area contributed by atoms with Gasteiger partial charge in [0, 0.05) is 24.1 Å². The quantitative estimate of drug-likeness (QED) is 0.754. The molecule has 0 spiro atoms. The molecule has 2 rings (SSSR count). The van der Waals surface area contributed by atoms with E-state index in [0.717, 1.165) is 0 Å². The first-order valence-corrected chi connectivity index (χ1v) is 4.43. The van der Waals surface area contributed by atoms with Crippen molar-refractivity contribution in [3.63, 3.8) is 0 Å². The van der Waals surface area contributed by atoms with Gasteiger partial charge >= 0.3 is 0 Å². The van der Waals surface area contributed by atoms with Crippen molar-refractivity contribution in [1.29, 1.82) is 0 Å².